The van der Waals surface area contributed by atoms with Crippen LogP contribution in [0.25, 0.3) is 10.8 Å². The molecule has 1 unspecified atom stereocenters. The lowest BCUT2D eigenvalue weighted by Gasteiger charge is -2.16. The van der Waals surface area contributed by atoms with Gasteiger partial charge in [0.05, 0.1) is 12.5 Å². The second-order valence-electron chi connectivity index (χ2n) is 4.63. The number of hydrogen-bond acceptors (Lipinski definition) is 3. The highest BCUT2D eigenvalue weighted by Gasteiger charge is 2.20. The summed E-state index contributed by atoms with van der Waals surface area (Å²) in [6.07, 6.45) is 0. The van der Waals surface area contributed by atoms with Crippen molar-refractivity contribution in [3.05, 3.63) is 41.5 Å². The Kier molecular flexibility index (Phi) is 4.15. The number of carbonyl (C=O) groups is 1. The molecule has 0 aliphatic carbocycles. The van der Waals surface area contributed by atoms with Gasteiger partial charge in [-0.3, -0.25) is 4.79 Å². The van der Waals surface area contributed by atoms with E-state index in [-0.39, 0.29) is 11.9 Å². The smallest absolute Gasteiger partial charge is 0.313 e. The van der Waals surface area contributed by atoms with Crippen molar-refractivity contribution in [1.29, 1.82) is 0 Å². The largest absolute Gasteiger partial charge is 0.466 e. The molecule has 2 rings (SSSR count). The third-order valence-electron chi connectivity index (χ3n) is 3.41. The van der Waals surface area contributed by atoms with Crippen molar-refractivity contribution in [3.8, 4) is 0 Å². The summed E-state index contributed by atoms with van der Waals surface area (Å²) in [4.78, 5) is 12.8. The van der Waals surface area contributed by atoms with Crippen molar-refractivity contribution in [2.24, 2.45) is 0 Å². The van der Waals surface area contributed by atoms with Crippen molar-refractivity contribution >= 4 is 29.4 Å². The first-order valence-corrected chi connectivity index (χ1v) is 6.88. The van der Waals surface area contributed by atoms with Gasteiger partial charge in [0.1, 0.15) is 0 Å². The second-order valence-corrected chi connectivity index (χ2v) is 5.08. The normalized spacial score (nSPS) is 12.4. The number of benzene rings is 2. The van der Waals surface area contributed by atoms with Gasteiger partial charge in [-0.25, -0.2) is 0 Å². The summed E-state index contributed by atoms with van der Waals surface area (Å²) in [5.74, 6) is -0.497. The molecule has 0 radical (unpaired) electrons. The zero-order chi connectivity index (χ0) is 14.0. The molecule has 0 aromatic heterocycles. The lowest BCUT2D eigenvalue weighted by Crippen LogP contribution is -2.14. The van der Waals surface area contributed by atoms with Crippen molar-refractivity contribution in [3.63, 3.8) is 0 Å². The summed E-state index contributed by atoms with van der Waals surface area (Å²) in [5.41, 5.74) is 2.03. The van der Waals surface area contributed by atoms with Crippen LogP contribution >= 0.6 is 12.6 Å². The second kappa shape index (κ2) is 5.66. The molecule has 2 aromatic carbocycles. The van der Waals surface area contributed by atoms with E-state index in [2.05, 4.69) is 24.8 Å². The number of aryl methyl sites for hydroxylation is 1. The Hall–Kier alpha value is -1.48. The maximum atomic E-state index is 11.9. The van der Waals surface area contributed by atoms with Gasteiger partial charge in [0, 0.05) is 4.90 Å². The summed E-state index contributed by atoms with van der Waals surface area (Å²) >= 11 is 4.58. The number of ether oxygens (including phenoxy) is 1. The molecular formula is C16H18O2S. The number of fused-ring (bicyclic) bond motifs is 1. The Balaban J connectivity index is 2.55. The maximum Gasteiger partial charge on any atom is 0.313 e. The van der Waals surface area contributed by atoms with Crippen molar-refractivity contribution in [2.45, 2.75) is 31.6 Å². The molecule has 2 aromatic rings. The minimum absolute atomic E-state index is 0.201. The monoisotopic (exact) mass is 274 g/mol. The minimum atomic E-state index is -0.296. The van der Waals surface area contributed by atoms with E-state index in [0.717, 1.165) is 21.4 Å². The third-order valence-corrected chi connectivity index (χ3v) is 4.00. The van der Waals surface area contributed by atoms with Crippen LogP contribution in [-0.4, -0.2) is 12.6 Å². The Morgan fingerprint density at radius 2 is 2.05 bits per heavy atom. The molecule has 0 amide bonds. The van der Waals surface area contributed by atoms with Gasteiger partial charge in [0.15, 0.2) is 0 Å². The highest BCUT2D eigenvalue weighted by molar-refractivity contribution is 7.80. The van der Waals surface area contributed by atoms with Crippen LogP contribution in [0.15, 0.2) is 35.2 Å². The SMILES string of the molecule is CCOC(=O)C(C)c1cc2ccccc2c(C)c1S. The van der Waals surface area contributed by atoms with Crippen LogP contribution in [0, 0.1) is 6.92 Å². The Labute approximate surface area is 119 Å². The summed E-state index contributed by atoms with van der Waals surface area (Å²) in [5, 5.41) is 2.30. The Bertz CT molecular complexity index is 619. The summed E-state index contributed by atoms with van der Waals surface area (Å²) in [6.45, 7) is 6.11. The lowest BCUT2D eigenvalue weighted by molar-refractivity contribution is -0.144. The van der Waals surface area contributed by atoms with Gasteiger partial charge in [-0.1, -0.05) is 24.3 Å². The quantitative estimate of drug-likeness (QED) is 0.673. The Morgan fingerprint density at radius 1 is 1.37 bits per heavy atom. The molecule has 0 saturated heterocycles. The van der Waals surface area contributed by atoms with Gasteiger partial charge in [0.25, 0.3) is 0 Å². The standard InChI is InChI=1S/C16H18O2S/c1-4-18-16(17)11(3)14-9-12-7-5-6-8-13(12)10(2)15(14)19/h5-9,11,19H,4H2,1-3H3. The molecule has 0 heterocycles. The zero-order valence-corrected chi connectivity index (χ0v) is 12.3. The van der Waals surface area contributed by atoms with E-state index in [1.807, 2.05) is 39.0 Å². The average molecular weight is 274 g/mol. The van der Waals surface area contributed by atoms with Gasteiger partial charge in [0.2, 0.25) is 0 Å². The van der Waals surface area contributed by atoms with Gasteiger partial charge >= 0.3 is 5.97 Å². The van der Waals surface area contributed by atoms with Crippen LogP contribution < -0.4 is 0 Å². The molecule has 19 heavy (non-hydrogen) atoms. The van der Waals surface area contributed by atoms with E-state index in [9.17, 15) is 4.79 Å². The molecule has 0 saturated carbocycles. The Morgan fingerprint density at radius 3 is 2.74 bits per heavy atom. The molecule has 0 aliphatic heterocycles. The van der Waals surface area contributed by atoms with E-state index in [0.29, 0.717) is 6.61 Å². The van der Waals surface area contributed by atoms with Crippen LogP contribution in [0.2, 0.25) is 0 Å². The number of esters is 1. The number of rotatable bonds is 3. The third kappa shape index (κ3) is 2.61. The van der Waals surface area contributed by atoms with Crippen molar-refractivity contribution in [1.82, 2.24) is 0 Å². The molecule has 0 N–H and O–H groups in total. The van der Waals surface area contributed by atoms with Gasteiger partial charge in [-0.05, 0) is 48.7 Å². The fourth-order valence-electron chi connectivity index (χ4n) is 2.27. The van der Waals surface area contributed by atoms with E-state index < -0.39 is 0 Å². The van der Waals surface area contributed by atoms with Gasteiger partial charge in [-0.15, -0.1) is 12.6 Å². The van der Waals surface area contributed by atoms with E-state index >= 15 is 0 Å². The molecule has 0 spiro atoms. The molecule has 3 heteroatoms. The molecule has 100 valence electrons. The molecule has 0 bridgehead atoms. The van der Waals surface area contributed by atoms with Crippen LogP contribution in [0.1, 0.15) is 30.9 Å². The highest BCUT2D eigenvalue weighted by Crippen LogP contribution is 2.32. The van der Waals surface area contributed by atoms with Gasteiger partial charge in [-0.2, -0.15) is 0 Å². The molecular weight excluding hydrogens is 256 g/mol. The molecule has 2 nitrogen and oxygen atoms in total. The predicted octanol–water partition coefficient (Wildman–Crippen LogP) is 4.10. The lowest BCUT2D eigenvalue weighted by atomic mass is 9.94. The molecule has 0 aliphatic rings. The van der Waals surface area contributed by atoms with E-state index in [1.165, 1.54) is 5.39 Å². The van der Waals surface area contributed by atoms with Crippen LogP contribution in [0.3, 0.4) is 0 Å². The molecule has 0 fully saturated rings. The van der Waals surface area contributed by atoms with E-state index in [4.69, 9.17) is 4.74 Å². The zero-order valence-electron chi connectivity index (χ0n) is 11.4. The average Bonchev–Trinajstić information content (AvgIpc) is 2.42. The van der Waals surface area contributed by atoms with Crippen molar-refractivity contribution in [2.75, 3.05) is 6.61 Å². The number of thiol groups is 1. The first-order valence-electron chi connectivity index (χ1n) is 6.44. The fourth-order valence-corrected chi connectivity index (χ4v) is 2.65. The number of carbonyl (C=O) groups excluding carboxylic acids is 1. The first-order chi connectivity index (χ1) is 9.06. The summed E-state index contributed by atoms with van der Waals surface area (Å²) in [7, 11) is 0. The highest BCUT2D eigenvalue weighted by atomic mass is 32.1. The molecule has 1 atom stereocenters. The van der Waals surface area contributed by atoms with Crippen LogP contribution in [0.4, 0.5) is 0 Å². The predicted molar refractivity (Wildman–Crippen MR) is 81.0 cm³/mol. The van der Waals surface area contributed by atoms with Crippen molar-refractivity contribution < 1.29 is 9.53 Å². The van der Waals surface area contributed by atoms with Gasteiger partial charge < -0.3 is 4.74 Å². The minimum Gasteiger partial charge on any atom is -0.466 e. The van der Waals surface area contributed by atoms with Crippen LogP contribution in [-0.2, 0) is 9.53 Å². The fraction of sp³-hybridized carbons (Fsp3) is 0.312. The first kappa shape index (κ1) is 13.9. The summed E-state index contributed by atoms with van der Waals surface area (Å²) in [6, 6.07) is 10.2. The maximum absolute atomic E-state index is 11.9. The van der Waals surface area contributed by atoms with E-state index in [1.54, 1.807) is 0 Å². The number of hydrogen-bond donors (Lipinski definition) is 1. The summed E-state index contributed by atoms with van der Waals surface area (Å²) < 4.78 is 5.09. The topological polar surface area (TPSA) is 26.3 Å². The van der Waals surface area contributed by atoms with Crippen LogP contribution in [0.5, 0.6) is 0 Å².